The van der Waals surface area contributed by atoms with Gasteiger partial charge in [-0.3, -0.25) is 0 Å². The molecule has 2 aliphatic carbocycles. The second-order valence-corrected chi connectivity index (χ2v) is 57.3. The summed E-state index contributed by atoms with van der Waals surface area (Å²) in [7, 11) is 17.4. The van der Waals surface area contributed by atoms with Gasteiger partial charge < -0.3 is 0 Å². The molecule has 47 heavy (non-hydrogen) atoms. The Morgan fingerprint density at radius 3 is 1.96 bits per heavy atom. The van der Waals surface area contributed by atoms with Gasteiger partial charge in [-0.1, -0.05) is 0 Å². The molecular weight excluding hydrogens is 707 g/mol. The molecular formula is C43H45Cl2SiZr. The van der Waals surface area contributed by atoms with Crippen molar-refractivity contribution >= 4 is 45.9 Å². The quantitative estimate of drug-likeness (QED) is 0.152. The molecule has 0 N–H and O–H groups in total. The van der Waals surface area contributed by atoms with Crippen LogP contribution in [0.2, 0.25) is 13.1 Å². The maximum atomic E-state index is 8.71. The normalized spacial score (nSPS) is 18.3. The van der Waals surface area contributed by atoms with E-state index in [0.717, 1.165) is 0 Å². The van der Waals surface area contributed by atoms with E-state index in [-0.39, 0.29) is 7.25 Å². The maximum absolute atomic E-state index is 8.71. The van der Waals surface area contributed by atoms with Gasteiger partial charge >= 0.3 is 293 Å². The monoisotopic (exact) mass is 749 g/mol. The van der Waals surface area contributed by atoms with Crippen LogP contribution < -0.4 is 0 Å². The van der Waals surface area contributed by atoms with Gasteiger partial charge in [0.1, 0.15) is 0 Å². The van der Waals surface area contributed by atoms with Crippen molar-refractivity contribution in [2.75, 3.05) is 0 Å². The number of allylic oxidation sites excluding steroid dienone is 2. The van der Waals surface area contributed by atoms with Crippen molar-refractivity contribution in [1.29, 1.82) is 0 Å². The van der Waals surface area contributed by atoms with Gasteiger partial charge in [0.15, 0.2) is 0 Å². The van der Waals surface area contributed by atoms with Crippen molar-refractivity contribution < 1.29 is 15.6 Å². The van der Waals surface area contributed by atoms with Crippen LogP contribution in [-0.4, -0.2) is 5.92 Å². The molecule has 0 aromatic heterocycles. The minimum atomic E-state index is -4.88. The van der Waals surface area contributed by atoms with E-state index in [4.69, 9.17) is 17.0 Å². The van der Waals surface area contributed by atoms with E-state index < -0.39 is 21.5 Å². The van der Waals surface area contributed by atoms with Crippen molar-refractivity contribution in [3.05, 3.63) is 141 Å². The summed E-state index contributed by atoms with van der Waals surface area (Å²) < 4.78 is 0.143. The first-order chi connectivity index (χ1) is 22.3. The molecule has 0 fully saturated rings. The molecule has 0 aliphatic heterocycles. The van der Waals surface area contributed by atoms with Crippen molar-refractivity contribution in [3.63, 3.8) is 0 Å². The van der Waals surface area contributed by atoms with Crippen LogP contribution in [0, 0.1) is 26.7 Å². The second-order valence-electron chi connectivity index (χ2n) is 14.8. The number of hydrogen-bond donors (Lipinski definition) is 0. The van der Waals surface area contributed by atoms with Crippen LogP contribution in [0.25, 0.3) is 45.2 Å². The summed E-state index contributed by atoms with van der Waals surface area (Å²) in [6, 6.07) is 33.6. The zero-order valence-corrected chi connectivity index (χ0v) is 34.0. The predicted octanol–water partition coefficient (Wildman–Crippen LogP) is 13.3. The minimum absolute atomic E-state index is 0.0684. The third-order valence-corrected chi connectivity index (χ3v) is 63.3. The number of fused-ring (bicyclic) bond motifs is 3. The van der Waals surface area contributed by atoms with Crippen LogP contribution >= 0.6 is 17.0 Å². The summed E-state index contributed by atoms with van der Waals surface area (Å²) in [5.74, 6) is -1.33. The summed E-state index contributed by atoms with van der Waals surface area (Å²) in [5.41, 5.74) is 17.3. The number of hydrogen-bond acceptors (Lipinski definition) is 0. The number of rotatable bonds is 6. The Hall–Kier alpha value is -2.48. The summed E-state index contributed by atoms with van der Waals surface area (Å²) in [4.78, 5) is 0. The van der Waals surface area contributed by atoms with Crippen LogP contribution in [0.15, 0.2) is 102 Å². The van der Waals surface area contributed by atoms with Gasteiger partial charge in [-0.2, -0.15) is 0 Å². The average Bonchev–Trinajstić information content (AvgIpc) is 3.62. The molecule has 0 amide bonds. The molecule has 0 saturated carbocycles. The van der Waals surface area contributed by atoms with Crippen LogP contribution in [0.5, 0.6) is 0 Å². The van der Waals surface area contributed by atoms with E-state index in [9.17, 15) is 0 Å². The number of benzene rings is 5. The van der Waals surface area contributed by atoms with Gasteiger partial charge in [-0.15, -0.1) is 0 Å². The van der Waals surface area contributed by atoms with Crippen molar-refractivity contribution in [1.82, 2.24) is 0 Å². The third kappa shape index (κ3) is 4.92. The van der Waals surface area contributed by atoms with Gasteiger partial charge in [0.05, 0.1) is 0 Å². The second kappa shape index (κ2) is 11.8. The number of aryl methyl sites for hydroxylation is 3. The number of halogens is 2. The van der Waals surface area contributed by atoms with E-state index in [1.165, 1.54) is 83.1 Å². The van der Waals surface area contributed by atoms with E-state index in [0.29, 0.717) is 5.92 Å². The Bertz CT molecular complexity index is 2130. The molecule has 5 aromatic rings. The SMILES string of the molecule is CC1=Cc2c(-c3c(C)cccc3C)ccc(C)c2[CH]1[Zr]([Cl])([Cl])([CH]1C(C(C)C)=Cc2c(-c3cccc4ccccc34)cccc21)[SiH](C)C. The molecule has 2 aliphatic rings. The Morgan fingerprint density at radius 1 is 0.617 bits per heavy atom. The Balaban J connectivity index is 1.49. The summed E-state index contributed by atoms with van der Waals surface area (Å²) >= 11 is -4.88. The topological polar surface area (TPSA) is 0 Å². The van der Waals surface area contributed by atoms with Gasteiger partial charge in [-0.05, 0) is 0 Å². The molecule has 2 atom stereocenters. The van der Waals surface area contributed by atoms with Gasteiger partial charge in [0.25, 0.3) is 0 Å². The Kier molecular flexibility index (Phi) is 8.32. The molecule has 7 rings (SSSR count). The molecule has 5 aromatic carbocycles. The van der Waals surface area contributed by atoms with E-state index >= 15 is 0 Å². The summed E-state index contributed by atoms with van der Waals surface area (Å²) in [6.45, 7) is 18.6. The third-order valence-electron chi connectivity index (χ3n) is 11.4. The predicted molar refractivity (Wildman–Crippen MR) is 208 cm³/mol. The van der Waals surface area contributed by atoms with Crippen LogP contribution in [0.4, 0.5) is 0 Å². The zero-order valence-electron chi connectivity index (χ0n) is 28.9. The fraction of sp³-hybridized carbons (Fsp3) is 0.256. The average molecular weight is 752 g/mol. The standard InChI is InChI=1S/C22H19.C19H19.C2H7Si.2ClH.Zr/c1-15(2)18-13-17-9-6-12-21(22(17)14-18)20-11-5-8-16-7-3-4-10-19(16)20;1-12-10-17-13(2)8-9-16(18(17)11-12)19-14(3)6-5-7-15(19)4;1-3-2;;;/h3-15H,1-2H3;5-11H,1-4H3;3H,1-2H3;2*1H;/q;;;;;+2/p-2. The van der Waals surface area contributed by atoms with E-state index in [1.807, 2.05) is 0 Å². The van der Waals surface area contributed by atoms with E-state index in [1.54, 1.807) is 0 Å². The fourth-order valence-electron chi connectivity index (χ4n) is 9.06. The molecule has 0 spiro atoms. The fourth-order valence-corrected chi connectivity index (χ4v) is 41.3. The van der Waals surface area contributed by atoms with Gasteiger partial charge in [0.2, 0.25) is 0 Å². The van der Waals surface area contributed by atoms with Crippen molar-refractivity contribution in [2.24, 2.45) is 5.92 Å². The molecule has 4 heteroatoms. The Morgan fingerprint density at radius 2 is 1.26 bits per heavy atom. The summed E-state index contributed by atoms with van der Waals surface area (Å²) in [6.07, 6.45) is 4.94. The molecule has 0 heterocycles. The molecule has 0 radical (unpaired) electrons. The van der Waals surface area contributed by atoms with Crippen LogP contribution in [-0.2, 0) is 15.6 Å². The van der Waals surface area contributed by atoms with Gasteiger partial charge in [-0.25, -0.2) is 0 Å². The molecule has 2 unspecified atom stereocenters. The van der Waals surface area contributed by atoms with Crippen molar-refractivity contribution in [2.45, 2.75) is 61.9 Å². The first kappa shape index (κ1) is 33.0. The van der Waals surface area contributed by atoms with Gasteiger partial charge in [0, 0.05) is 0 Å². The molecule has 0 bridgehead atoms. The Labute approximate surface area is 290 Å². The molecule has 0 saturated heterocycles. The van der Waals surface area contributed by atoms with Crippen LogP contribution in [0.1, 0.15) is 67.0 Å². The molecule has 0 nitrogen and oxygen atoms in total. The van der Waals surface area contributed by atoms with E-state index in [2.05, 4.69) is 158 Å². The van der Waals surface area contributed by atoms with Crippen LogP contribution in [0.3, 0.4) is 0 Å². The summed E-state index contributed by atoms with van der Waals surface area (Å²) in [5, 5.41) is 2.54. The first-order valence-electron chi connectivity index (χ1n) is 17.1. The zero-order chi connectivity index (χ0) is 33.4. The first-order valence-corrected chi connectivity index (χ1v) is 33.4. The molecule has 239 valence electrons. The van der Waals surface area contributed by atoms with Crippen molar-refractivity contribution in [3.8, 4) is 22.3 Å².